The summed E-state index contributed by atoms with van der Waals surface area (Å²) in [4.78, 5) is 22.5. The monoisotopic (exact) mass is 457 g/mol. The van der Waals surface area contributed by atoms with E-state index >= 15 is 0 Å². The summed E-state index contributed by atoms with van der Waals surface area (Å²) in [5, 5.41) is 22.3. The molecule has 0 spiro atoms. The molecule has 3 rings (SSSR count). The molecule has 1 amide bonds. The van der Waals surface area contributed by atoms with Gasteiger partial charge in [0.15, 0.2) is 11.0 Å². The van der Waals surface area contributed by atoms with E-state index in [1.807, 2.05) is 23.6 Å². The quantitative estimate of drug-likeness (QED) is 0.303. The van der Waals surface area contributed by atoms with Gasteiger partial charge in [-0.1, -0.05) is 56.8 Å². The zero-order chi connectivity index (χ0) is 23.5. The number of halogens is 1. The molecule has 1 heterocycles. The van der Waals surface area contributed by atoms with Crippen molar-refractivity contribution in [2.24, 2.45) is 0 Å². The molecule has 0 aliphatic rings. The Morgan fingerprint density at radius 1 is 1.19 bits per heavy atom. The van der Waals surface area contributed by atoms with Gasteiger partial charge >= 0.3 is 0 Å². The van der Waals surface area contributed by atoms with Crippen molar-refractivity contribution in [1.29, 1.82) is 0 Å². The normalized spacial score (nSPS) is 11.4. The van der Waals surface area contributed by atoms with Gasteiger partial charge in [0, 0.05) is 24.2 Å². The number of hydrogen-bond acceptors (Lipinski definition) is 6. The van der Waals surface area contributed by atoms with Gasteiger partial charge in [-0.3, -0.25) is 14.9 Å². The van der Waals surface area contributed by atoms with Crippen molar-refractivity contribution in [1.82, 2.24) is 14.8 Å². The molecular weight excluding hydrogens is 433 g/mol. The van der Waals surface area contributed by atoms with Crippen molar-refractivity contribution >= 4 is 29.0 Å². The fourth-order valence-electron chi connectivity index (χ4n) is 3.05. The number of nitrogens with zero attached hydrogens (tertiary/aromatic N) is 4. The number of benzene rings is 2. The van der Waals surface area contributed by atoms with Crippen LogP contribution >= 0.6 is 11.8 Å². The fourth-order valence-corrected chi connectivity index (χ4v) is 3.85. The number of thioether (sulfide) groups is 1. The molecule has 0 aliphatic heterocycles. The van der Waals surface area contributed by atoms with Crippen LogP contribution in [0, 0.1) is 15.9 Å². The molecule has 0 radical (unpaired) electrons. The van der Waals surface area contributed by atoms with Crippen molar-refractivity contribution in [3.63, 3.8) is 0 Å². The van der Waals surface area contributed by atoms with Crippen LogP contribution < -0.4 is 5.32 Å². The zero-order valence-corrected chi connectivity index (χ0v) is 19.1. The summed E-state index contributed by atoms with van der Waals surface area (Å²) in [7, 11) is 0. The Bertz CT molecular complexity index is 1140. The molecule has 168 valence electrons. The first kappa shape index (κ1) is 23.4. The lowest BCUT2D eigenvalue weighted by Gasteiger charge is -2.19. The summed E-state index contributed by atoms with van der Waals surface area (Å²) >= 11 is 1.16. The molecule has 0 atom stereocenters. The van der Waals surface area contributed by atoms with E-state index in [9.17, 15) is 19.3 Å². The van der Waals surface area contributed by atoms with Crippen LogP contribution in [0.1, 0.15) is 33.3 Å². The number of carbonyl (C=O) groups is 1. The van der Waals surface area contributed by atoms with Gasteiger partial charge in [0.1, 0.15) is 5.82 Å². The Hall–Kier alpha value is -3.27. The minimum absolute atomic E-state index is 0.0456. The molecule has 0 bridgehead atoms. The lowest BCUT2D eigenvalue weighted by molar-refractivity contribution is -0.384. The number of non-ortho nitro benzene ring substituents is 1. The van der Waals surface area contributed by atoms with E-state index in [1.54, 1.807) is 0 Å². The van der Waals surface area contributed by atoms with Gasteiger partial charge in [0.25, 0.3) is 5.69 Å². The smallest absolute Gasteiger partial charge is 0.271 e. The van der Waals surface area contributed by atoms with Crippen LogP contribution in [-0.4, -0.2) is 31.3 Å². The minimum Gasteiger partial charge on any atom is -0.323 e. The molecule has 0 fully saturated rings. The molecule has 0 unspecified atom stereocenters. The minimum atomic E-state index is -0.744. The fraction of sp³-hybridized carbons (Fsp3) is 0.318. The van der Waals surface area contributed by atoms with E-state index < -0.39 is 16.6 Å². The maximum atomic E-state index is 13.9. The standard InChI is InChI=1S/C22H24FN5O3S/c1-5-27-20(14-6-8-15(9-7-14)22(2,3)4)25-26-21(27)32-13-19(29)24-18-12-16(28(30)31)10-11-17(18)23/h6-12H,5,13H2,1-4H3,(H,24,29). The van der Waals surface area contributed by atoms with E-state index in [0.717, 1.165) is 35.5 Å². The topological polar surface area (TPSA) is 103 Å². The van der Waals surface area contributed by atoms with Gasteiger partial charge in [-0.2, -0.15) is 0 Å². The van der Waals surface area contributed by atoms with E-state index in [0.29, 0.717) is 17.5 Å². The SMILES string of the molecule is CCn1c(SCC(=O)Nc2cc([N+](=O)[O-])ccc2F)nnc1-c1ccc(C(C)(C)C)cc1. The Kier molecular flexibility index (Phi) is 6.93. The van der Waals surface area contributed by atoms with Crippen LogP contribution in [0.15, 0.2) is 47.6 Å². The highest BCUT2D eigenvalue weighted by Crippen LogP contribution is 2.28. The predicted octanol–water partition coefficient (Wildman–Crippen LogP) is 5.04. The first-order chi connectivity index (χ1) is 15.1. The Balaban J connectivity index is 1.71. The van der Waals surface area contributed by atoms with Crippen molar-refractivity contribution in [2.75, 3.05) is 11.1 Å². The molecule has 1 N–H and O–H groups in total. The lowest BCUT2D eigenvalue weighted by Crippen LogP contribution is -2.15. The number of anilines is 1. The third-order valence-electron chi connectivity index (χ3n) is 4.81. The van der Waals surface area contributed by atoms with Crippen LogP contribution in [0.25, 0.3) is 11.4 Å². The summed E-state index contributed by atoms with van der Waals surface area (Å²) in [5.74, 6) is -0.605. The molecule has 3 aromatic rings. The van der Waals surface area contributed by atoms with E-state index in [2.05, 4.69) is 48.4 Å². The molecule has 2 aromatic carbocycles. The molecular formula is C22H24FN5O3S. The Morgan fingerprint density at radius 3 is 2.47 bits per heavy atom. The third kappa shape index (κ3) is 5.31. The maximum absolute atomic E-state index is 13.9. The first-order valence-corrected chi connectivity index (χ1v) is 11.0. The number of carbonyl (C=O) groups excluding carboxylic acids is 1. The van der Waals surface area contributed by atoms with Crippen molar-refractivity contribution < 1.29 is 14.1 Å². The first-order valence-electron chi connectivity index (χ1n) is 10.0. The number of nitro benzene ring substituents is 1. The molecule has 0 aliphatic carbocycles. The summed E-state index contributed by atoms with van der Waals surface area (Å²) in [5.41, 5.74) is 1.64. The maximum Gasteiger partial charge on any atom is 0.271 e. The molecule has 8 nitrogen and oxygen atoms in total. The molecule has 0 saturated carbocycles. The largest absolute Gasteiger partial charge is 0.323 e. The van der Waals surface area contributed by atoms with Crippen molar-refractivity contribution in [2.45, 2.75) is 44.8 Å². The average molecular weight is 458 g/mol. The van der Waals surface area contributed by atoms with Gasteiger partial charge in [-0.25, -0.2) is 4.39 Å². The molecule has 1 aromatic heterocycles. The zero-order valence-electron chi connectivity index (χ0n) is 18.3. The van der Waals surface area contributed by atoms with Crippen LogP contribution in [0.5, 0.6) is 0 Å². The Morgan fingerprint density at radius 2 is 1.88 bits per heavy atom. The number of hydrogen-bond donors (Lipinski definition) is 1. The van der Waals surface area contributed by atoms with Gasteiger partial charge in [0.2, 0.25) is 5.91 Å². The van der Waals surface area contributed by atoms with E-state index in [1.165, 1.54) is 5.56 Å². The predicted molar refractivity (Wildman–Crippen MR) is 122 cm³/mol. The Labute approximate surface area is 189 Å². The second-order valence-corrected chi connectivity index (χ2v) is 9.08. The summed E-state index contributed by atoms with van der Waals surface area (Å²) in [6.45, 7) is 9.01. The highest BCUT2D eigenvalue weighted by molar-refractivity contribution is 7.99. The van der Waals surface area contributed by atoms with E-state index in [4.69, 9.17) is 0 Å². The summed E-state index contributed by atoms with van der Waals surface area (Å²) in [6.07, 6.45) is 0. The van der Waals surface area contributed by atoms with Crippen LogP contribution in [0.2, 0.25) is 0 Å². The van der Waals surface area contributed by atoms with Gasteiger partial charge in [0.05, 0.1) is 16.4 Å². The number of aromatic nitrogens is 3. The lowest BCUT2D eigenvalue weighted by atomic mass is 9.87. The van der Waals surface area contributed by atoms with Crippen molar-refractivity contribution in [3.05, 3.63) is 64.0 Å². The molecule has 32 heavy (non-hydrogen) atoms. The van der Waals surface area contributed by atoms with Gasteiger partial charge < -0.3 is 9.88 Å². The van der Waals surface area contributed by atoms with Crippen LogP contribution in [0.4, 0.5) is 15.8 Å². The number of nitrogens with one attached hydrogen (secondary N) is 1. The van der Waals surface area contributed by atoms with Gasteiger partial charge in [-0.05, 0) is 24.0 Å². The van der Waals surface area contributed by atoms with Crippen LogP contribution in [0.3, 0.4) is 0 Å². The average Bonchev–Trinajstić information content (AvgIpc) is 3.16. The van der Waals surface area contributed by atoms with Crippen molar-refractivity contribution in [3.8, 4) is 11.4 Å². The van der Waals surface area contributed by atoms with Gasteiger partial charge in [-0.15, -0.1) is 10.2 Å². The second kappa shape index (κ2) is 9.47. The molecule has 10 heteroatoms. The third-order valence-corrected chi connectivity index (χ3v) is 5.78. The molecule has 0 saturated heterocycles. The summed E-state index contributed by atoms with van der Waals surface area (Å²) in [6, 6.07) is 11.1. The van der Waals surface area contributed by atoms with Crippen LogP contribution in [-0.2, 0) is 16.8 Å². The highest BCUT2D eigenvalue weighted by atomic mass is 32.2. The second-order valence-electron chi connectivity index (χ2n) is 8.14. The summed E-state index contributed by atoms with van der Waals surface area (Å²) < 4.78 is 15.8. The number of amides is 1. The highest BCUT2D eigenvalue weighted by Gasteiger charge is 2.18. The van der Waals surface area contributed by atoms with E-state index in [-0.39, 0.29) is 22.5 Å². The number of nitro groups is 1. The number of rotatable bonds is 7.